The molecule has 0 aliphatic heterocycles. The SMILES string of the molecule is C#CC(CCC)Nc1ccccc1S(=O)(=O)NC1CC1. The summed E-state index contributed by atoms with van der Waals surface area (Å²) in [6, 6.07) is 6.81. The van der Waals surface area contributed by atoms with Crippen LogP contribution in [0.2, 0.25) is 0 Å². The highest BCUT2D eigenvalue weighted by Crippen LogP contribution is 2.26. The maximum absolute atomic E-state index is 12.3. The van der Waals surface area contributed by atoms with Gasteiger partial charge in [0.1, 0.15) is 4.90 Å². The van der Waals surface area contributed by atoms with Crippen molar-refractivity contribution >= 4 is 15.7 Å². The zero-order valence-electron chi connectivity index (χ0n) is 11.6. The first kappa shape index (κ1) is 14.9. The van der Waals surface area contributed by atoms with Crippen LogP contribution in [-0.2, 0) is 10.0 Å². The fourth-order valence-electron chi connectivity index (χ4n) is 1.98. The van der Waals surface area contributed by atoms with E-state index in [1.165, 1.54) is 0 Å². The fraction of sp³-hybridized carbons (Fsp3) is 0.467. The number of hydrogen-bond acceptors (Lipinski definition) is 3. The molecule has 1 unspecified atom stereocenters. The molecule has 20 heavy (non-hydrogen) atoms. The van der Waals surface area contributed by atoms with Gasteiger partial charge in [0.15, 0.2) is 0 Å². The van der Waals surface area contributed by atoms with Gasteiger partial charge in [0.2, 0.25) is 10.0 Å². The van der Waals surface area contributed by atoms with Crippen LogP contribution in [-0.4, -0.2) is 20.5 Å². The molecule has 1 aromatic carbocycles. The first-order chi connectivity index (χ1) is 9.56. The quantitative estimate of drug-likeness (QED) is 0.758. The van der Waals surface area contributed by atoms with Crippen LogP contribution in [0.1, 0.15) is 32.6 Å². The van der Waals surface area contributed by atoms with Crippen molar-refractivity contribution in [3.8, 4) is 12.3 Å². The monoisotopic (exact) mass is 292 g/mol. The molecule has 2 N–H and O–H groups in total. The fourth-order valence-corrected chi connectivity index (χ4v) is 3.45. The molecule has 1 atom stereocenters. The molecular formula is C15H20N2O2S. The molecule has 0 aromatic heterocycles. The van der Waals surface area contributed by atoms with Crippen molar-refractivity contribution in [2.45, 2.75) is 49.6 Å². The summed E-state index contributed by atoms with van der Waals surface area (Å²) in [4.78, 5) is 0.267. The lowest BCUT2D eigenvalue weighted by Crippen LogP contribution is -2.27. The minimum atomic E-state index is -3.48. The third-order valence-corrected chi connectivity index (χ3v) is 4.76. The zero-order chi connectivity index (χ0) is 14.6. The van der Waals surface area contributed by atoms with Crippen molar-refractivity contribution in [1.29, 1.82) is 0 Å². The number of terminal acetylenes is 1. The normalized spacial score (nSPS) is 16.4. The van der Waals surface area contributed by atoms with Gasteiger partial charge in [0.25, 0.3) is 0 Å². The average Bonchev–Trinajstić information content (AvgIpc) is 3.22. The Morgan fingerprint density at radius 2 is 2.10 bits per heavy atom. The van der Waals surface area contributed by atoms with Gasteiger partial charge in [-0.05, 0) is 31.4 Å². The van der Waals surface area contributed by atoms with Crippen LogP contribution in [0, 0.1) is 12.3 Å². The minimum Gasteiger partial charge on any atom is -0.370 e. The summed E-state index contributed by atoms with van der Waals surface area (Å²) in [5, 5.41) is 3.14. The van der Waals surface area contributed by atoms with E-state index in [-0.39, 0.29) is 17.0 Å². The van der Waals surface area contributed by atoms with E-state index in [1.54, 1.807) is 24.3 Å². The van der Waals surface area contributed by atoms with Gasteiger partial charge in [0.05, 0.1) is 11.7 Å². The number of anilines is 1. The highest BCUT2D eigenvalue weighted by Gasteiger charge is 2.29. The van der Waals surface area contributed by atoms with Gasteiger partial charge in [-0.15, -0.1) is 6.42 Å². The molecule has 2 rings (SSSR count). The minimum absolute atomic E-state index is 0.0899. The van der Waals surface area contributed by atoms with Gasteiger partial charge in [-0.3, -0.25) is 0 Å². The maximum Gasteiger partial charge on any atom is 0.242 e. The van der Waals surface area contributed by atoms with Crippen LogP contribution in [0.5, 0.6) is 0 Å². The molecule has 5 heteroatoms. The van der Waals surface area contributed by atoms with Gasteiger partial charge >= 0.3 is 0 Å². The Kier molecular flexibility index (Phi) is 4.69. The van der Waals surface area contributed by atoms with Crippen LogP contribution in [0.3, 0.4) is 0 Å². The number of sulfonamides is 1. The van der Waals surface area contributed by atoms with E-state index in [0.29, 0.717) is 5.69 Å². The lowest BCUT2D eigenvalue weighted by atomic mass is 10.1. The second-order valence-corrected chi connectivity index (χ2v) is 6.73. The number of nitrogens with one attached hydrogen (secondary N) is 2. The summed E-state index contributed by atoms with van der Waals surface area (Å²) < 4.78 is 27.3. The van der Waals surface area contributed by atoms with Crippen molar-refractivity contribution in [2.24, 2.45) is 0 Å². The first-order valence-electron chi connectivity index (χ1n) is 6.91. The van der Waals surface area contributed by atoms with Gasteiger partial charge in [-0.1, -0.05) is 31.4 Å². The Balaban J connectivity index is 2.23. The predicted octanol–water partition coefficient (Wildman–Crippen LogP) is 2.34. The molecule has 4 nitrogen and oxygen atoms in total. The summed E-state index contributed by atoms with van der Waals surface area (Å²) in [6.07, 6.45) is 9.06. The van der Waals surface area contributed by atoms with E-state index >= 15 is 0 Å². The van der Waals surface area contributed by atoms with Crippen molar-refractivity contribution < 1.29 is 8.42 Å². The molecular weight excluding hydrogens is 272 g/mol. The van der Waals surface area contributed by atoms with E-state index in [2.05, 4.69) is 16.0 Å². The largest absolute Gasteiger partial charge is 0.370 e. The number of benzene rings is 1. The predicted molar refractivity (Wildman–Crippen MR) is 80.9 cm³/mol. The number of hydrogen-bond donors (Lipinski definition) is 2. The lowest BCUT2D eigenvalue weighted by molar-refractivity contribution is 0.581. The Hall–Kier alpha value is -1.51. The second-order valence-electron chi connectivity index (χ2n) is 5.04. The Labute approximate surface area is 121 Å². The summed E-state index contributed by atoms with van der Waals surface area (Å²) in [5.74, 6) is 2.66. The van der Waals surface area contributed by atoms with Crippen LogP contribution < -0.4 is 10.0 Å². The Morgan fingerprint density at radius 3 is 2.70 bits per heavy atom. The molecule has 1 saturated carbocycles. The highest BCUT2D eigenvalue weighted by atomic mass is 32.2. The van der Waals surface area contributed by atoms with E-state index in [4.69, 9.17) is 6.42 Å². The molecule has 0 amide bonds. The van der Waals surface area contributed by atoms with E-state index in [1.807, 2.05) is 6.92 Å². The molecule has 0 bridgehead atoms. The van der Waals surface area contributed by atoms with Crippen LogP contribution in [0.15, 0.2) is 29.2 Å². The van der Waals surface area contributed by atoms with Crippen molar-refractivity contribution in [3.05, 3.63) is 24.3 Å². The van der Waals surface area contributed by atoms with Crippen molar-refractivity contribution in [3.63, 3.8) is 0 Å². The lowest BCUT2D eigenvalue weighted by Gasteiger charge is -2.17. The number of rotatable bonds is 7. The summed E-state index contributed by atoms with van der Waals surface area (Å²) in [6.45, 7) is 2.04. The third kappa shape index (κ3) is 3.75. The molecule has 1 aromatic rings. The molecule has 0 spiro atoms. The smallest absolute Gasteiger partial charge is 0.242 e. The van der Waals surface area contributed by atoms with Crippen LogP contribution >= 0.6 is 0 Å². The van der Waals surface area contributed by atoms with E-state index in [9.17, 15) is 8.42 Å². The van der Waals surface area contributed by atoms with Gasteiger partial charge in [-0.2, -0.15) is 0 Å². The highest BCUT2D eigenvalue weighted by molar-refractivity contribution is 7.89. The Morgan fingerprint density at radius 1 is 1.40 bits per heavy atom. The second kappa shape index (κ2) is 6.29. The zero-order valence-corrected chi connectivity index (χ0v) is 12.4. The van der Waals surface area contributed by atoms with Crippen LogP contribution in [0.4, 0.5) is 5.69 Å². The Bertz CT molecular complexity index is 601. The number of para-hydroxylation sites is 1. The molecule has 0 heterocycles. The van der Waals surface area contributed by atoms with E-state index in [0.717, 1.165) is 25.7 Å². The molecule has 0 radical (unpaired) electrons. The standard InChI is InChI=1S/C15H20N2O2S/c1-3-7-12(4-2)16-14-8-5-6-9-15(14)20(18,19)17-13-10-11-13/h2,5-6,8-9,12-13,16-17H,3,7,10-11H2,1H3. The van der Waals surface area contributed by atoms with Crippen molar-refractivity contribution in [1.82, 2.24) is 4.72 Å². The summed E-state index contributed by atoms with van der Waals surface area (Å²) >= 11 is 0. The molecule has 1 aliphatic rings. The van der Waals surface area contributed by atoms with Gasteiger partial charge in [0, 0.05) is 6.04 Å². The molecule has 1 aliphatic carbocycles. The summed E-state index contributed by atoms with van der Waals surface area (Å²) in [5.41, 5.74) is 0.567. The van der Waals surface area contributed by atoms with Crippen molar-refractivity contribution in [2.75, 3.05) is 5.32 Å². The van der Waals surface area contributed by atoms with Gasteiger partial charge < -0.3 is 5.32 Å². The molecule has 0 saturated heterocycles. The molecule has 1 fully saturated rings. The first-order valence-corrected chi connectivity index (χ1v) is 8.39. The topological polar surface area (TPSA) is 58.2 Å². The average molecular weight is 292 g/mol. The molecule has 108 valence electrons. The summed E-state index contributed by atoms with van der Waals surface area (Å²) in [7, 11) is -3.48. The van der Waals surface area contributed by atoms with Crippen LogP contribution in [0.25, 0.3) is 0 Å². The third-order valence-electron chi connectivity index (χ3n) is 3.18. The maximum atomic E-state index is 12.3. The van der Waals surface area contributed by atoms with E-state index < -0.39 is 10.0 Å². The van der Waals surface area contributed by atoms with Gasteiger partial charge in [-0.25, -0.2) is 13.1 Å².